The van der Waals surface area contributed by atoms with Crippen molar-refractivity contribution in [2.45, 2.75) is 32.4 Å². The molecule has 1 aliphatic rings. The maximum atomic E-state index is 5.84. The van der Waals surface area contributed by atoms with Crippen LogP contribution in [-0.4, -0.2) is 34.4 Å². The molecule has 0 bridgehead atoms. The van der Waals surface area contributed by atoms with Crippen molar-refractivity contribution in [2.75, 3.05) is 18.1 Å². The zero-order valence-electron chi connectivity index (χ0n) is 13.7. The molecule has 2 aromatic heterocycles. The number of hydrogen-bond acceptors (Lipinski definition) is 6. The third-order valence-electron chi connectivity index (χ3n) is 4.39. The molecule has 1 aliphatic heterocycles. The smallest absolute Gasteiger partial charge is 0.263 e. The van der Waals surface area contributed by atoms with E-state index in [0.717, 1.165) is 49.4 Å². The molecule has 1 aromatic carbocycles. The van der Waals surface area contributed by atoms with Crippen LogP contribution >= 0.6 is 0 Å². The van der Waals surface area contributed by atoms with E-state index in [-0.39, 0.29) is 6.10 Å². The number of fused-ring (bicyclic) bond motifs is 1. The Morgan fingerprint density at radius 1 is 1.21 bits per heavy atom. The maximum Gasteiger partial charge on any atom is 0.263 e. The lowest BCUT2D eigenvalue weighted by Gasteiger charge is -2.27. The van der Waals surface area contributed by atoms with Crippen molar-refractivity contribution >= 4 is 16.9 Å². The topological polar surface area (TPSA) is 64.3 Å². The molecule has 0 aliphatic carbocycles. The predicted molar refractivity (Wildman–Crippen MR) is 90.8 cm³/mol. The van der Waals surface area contributed by atoms with E-state index in [9.17, 15) is 0 Å². The van der Waals surface area contributed by atoms with Crippen LogP contribution in [0.1, 0.15) is 24.1 Å². The van der Waals surface area contributed by atoms with Crippen LogP contribution in [0.4, 0.5) is 5.82 Å². The van der Waals surface area contributed by atoms with E-state index < -0.39 is 0 Å². The van der Waals surface area contributed by atoms with Gasteiger partial charge in [0.05, 0.1) is 11.8 Å². The van der Waals surface area contributed by atoms with Crippen molar-refractivity contribution in [1.82, 2.24) is 15.1 Å². The number of anilines is 1. The van der Waals surface area contributed by atoms with Gasteiger partial charge < -0.3 is 14.2 Å². The van der Waals surface area contributed by atoms with Gasteiger partial charge in [-0.3, -0.25) is 0 Å². The second-order valence-corrected chi connectivity index (χ2v) is 6.15. The molecular formula is C18H20N4O2. The quantitative estimate of drug-likeness (QED) is 0.718. The largest absolute Gasteiger partial charge is 0.376 e. The summed E-state index contributed by atoms with van der Waals surface area (Å²) < 4.78 is 11.1. The number of nitrogens with zero attached hydrogens (tertiary/aromatic N) is 4. The molecule has 3 heterocycles. The molecule has 0 unspecified atom stereocenters. The van der Waals surface area contributed by atoms with Gasteiger partial charge in [-0.05, 0) is 25.3 Å². The number of aryl methyl sites for hydroxylation is 1. The van der Waals surface area contributed by atoms with Gasteiger partial charge in [0, 0.05) is 19.7 Å². The predicted octanol–water partition coefficient (Wildman–Crippen LogP) is 3.11. The molecule has 0 amide bonds. The zero-order valence-corrected chi connectivity index (χ0v) is 13.7. The summed E-state index contributed by atoms with van der Waals surface area (Å²) in [6, 6.07) is 10.4. The van der Waals surface area contributed by atoms with Crippen LogP contribution in [0.2, 0.25) is 0 Å². The van der Waals surface area contributed by atoms with Crippen molar-refractivity contribution in [3.63, 3.8) is 0 Å². The fourth-order valence-electron chi connectivity index (χ4n) is 3.21. The SMILES string of the molecule is Cc1noc2ncnc(N(Cc3ccccc3)C[C@@H]3CCCO3)c12. The number of benzene rings is 1. The van der Waals surface area contributed by atoms with Crippen molar-refractivity contribution in [3.05, 3.63) is 47.9 Å². The molecule has 0 N–H and O–H groups in total. The lowest BCUT2D eigenvalue weighted by molar-refractivity contribution is 0.115. The summed E-state index contributed by atoms with van der Waals surface area (Å²) in [5, 5.41) is 4.92. The molecule has 0 saturated carbocycles. The first-order valence-electron chi connectivity index (χ1n) is 8.29. The minimum atomic E-state index is 0.235. The Morgan fingerprint density at radius 3 is 2.88 bits per heavy atom. The highest BCUT2D eigenvalue weighted by Crippen LogP contribution is 2.28. The number of rotatable bonds is 5. The molecule has 3 aromatic rings. The summed E-state index contributed by atoms with van der Waals surface area (Å²) in [6.07, 6.45) is 3.98. The van der Waals surface area contributed by atoms with Crippen molar-refractivity contribution < 1.29 is 9.26 Å². The Labute approximate surface area is 140 Å². The molecule has 4 rings (SSSR count). The second kappa shape index (κ2) is 6.57. The Balaban J connectivity index is 1.71. The summed E-state index contributed by atoms with van der Waals surface area (Å²) in [6.45, 7) is 4.32. The van der Waals surface area contributed by atoms with Gasteiger partial charge in [-0.25, -0.2) is 4.98 Å². The molecule has 0 spiro atoms. The highest BCUT2D eigenvalue weighted by atomic mass is 16.5. The summed E-state index contributed by atoms with van der Waals surface area (Å²) in [7, 11) is 0. The van der Waals surface area contributed by atoms with E-state index in [0.29, 0.717) is 5.71 Å². The second-order valence-electron chi connectivity index (χ2n) is 6.15. The van der Waals surface area contributed by atoms with Crippen LogP contribution in [0.3, 0.4) is 0 Å². The third kappa shape index (κ3) is 2.97. The van der Waals surface area contributed by atoms with Crippen LogP contribution in [0.15, 0.2) is 41.2 Å². The Bertz CT molecular complexity index is 812. The molecular weight excluding hydrogens is 304 g/mol. The van der Waals surface area contributed by atoms with Gasteiger partial charge in [0.1, 0.15) is 17.5 Å². The van der Waals surface area contributed by atoms with Gasteiger partial charge in [-0.2, -0.15) is 4.98 Å². The van der Waals surface area contributed by atoms with Crippen LogP contribution in [0.5, 0.6) is 0 Å². The van der Waals surface area contributed by atoms with E-state index in [2.05, 4.69) is 44.3 Å². The van der Waals surface area contributed by atoms with Gasteiger partial charge in [0.2, 0.25) is 0 Å². The summed E-state index contributed by atoms with van der Waals surface area (Å²) in [5.41, 5.74) is 2.57. The Morgan fingerprint density at radius 2 is 2.08 bits per heavy atom. The zero-order chi connectivity index (χ0) is 16.4. The van der Waals surface area contributed by atoms with Crippen LogP contribution < -0.4 is 4.90 Å². The molecule has 0 radical (unpaired) electrons. The van der Waals surface area contributed by atoms with Crippen LogP contribution in [0.25, 0.3) is 11.1 Å². The fraction of sp³-hybridized carbons (Fsp3) is 0.389. The standard InChI is InChI=1S/C18H20N4O2/c1-13-16-17(19-12-20-18(16)24-21-13)22(11-15-8-5-9-23-15)10-14-6-3-2-4-7-14/h2-4,6-7,12,15H,5,8-11H2,1H3/t15-/m0/s1. The lowest BCUT2D eigenvalue weighted by Crippen LogP contribution is -2.32. The van der Waals surface area contributed by atoms with Crippen molar-refractivity contribution in [2.24, 2.45) is 0 Å². The van der Waals surface area contributed by atoms with Crippen molar-refractivity contribution in [1.29, 1.82) is 0 Å². The highest BCUT2D eigenvalue weighted by Gasteiger charge is 2.23. The molecule has 24 heavy (non-hydrogen) atoms. The Kier molecular flexibility index (Phi) is 4.13. The average Bonchev–Trinajstić information content (AvgIpc) is 3.25. The van der Waals surface area contributed by atoms with Gasteiger partial charge in [-0.15, -0.1) is 0 Å². The first-order valence-corrected chi connectivity index (χ1v) is 8.29. The first-order chi connectivity index (χ1) is 11.8. The summed E-state index contributed by atoms with van der Waals surface area (Å²) >= 11 is 0. The normalized spacial score (nSPS) is 17.5. The van der Waals surface area contributed by atoms with E-state index in [1.807, 2.05) is 13.0 Å². The number of aromatic nitrogens is 3. The molecule has 1 atom stereocenters. The van der Waals surface area contributed by atoms with Crippen molar-refractivity contribution in [3.8, 4) is 0 Å². The monoisotopic (exact) mass is 324 g/mol. The molecule has 1 saturated heterocycles. The van der Waals surface area contributed by atoms with E-state index >= 15 is 0 Å². The van der Waals surface area contributed by atoms with Gasteiger partial charge >= 0.3 is 0 Å². The number of ether oxygens (including phenoxy) is 1. The summed E-state index contributed by atoms with van der Waals surface area (Å²) in [4.78, 5) is 11.0. The molecule has 6 nitrogen and oxygen atoms in total. The fourth-order valence-corrected chi connectivity index (χ4v) is 3.21. The minimum Gasteiger partial charge on any atom is -0.376 e. The highest BCUT2D eigenvalue weighted by molar-refractivity contribution is 5.87. The van der Waals surface area contributed by atoms with Gasteiger partial charge in [0.25, 0.3) is 5.71 Å². The van der Waals surface area contributed by atoms with E-state index in [4.69, 9.17) is 9.26 Å². The van der Waals surface area contributed by atoms with Crippen LogP contribution in [-0.2, 0) is 11.3 Å². The van der Waals surface area contributed by atoms with Gasteiger partial charge in [0.15, 0.2) is 0 Å². The lowest BCUT2D eigenvalue weighted by atomic mass is 10.1. The molecule has 1 fully saturated rings. The third-order valence-corrected chi connectivity index (χ3v) is 4.39. The number of hydrogen-bond donors (Lipinski definition) is 0. The Hall–Kier alpha value is -2.47. The molecule has 6 heteroatoms. The average molecular weight is 324 g/mol. The van der Waals surface area contributed by atoms with E-state index in [1.165, 1.54) is 11.9 Å². The van der Waals surface area contributed by atoms with Crippen LogP contribution in [0, 0.1) is 6.92 Å². The van der Waals surface area contributed by atoms with E-state index in [1.54, 1.807) is 0 Å². The maximum absolute atomic E-state index is 5.84. The summed E-state index contributed by atoms with van der Waals surface area (Å²) in [5.74, 6) is 0.859. The molecule has 124 valence electrons. The first kappa shape index (κ1) is 15.1. The minimum absolute atomic E-state index is 0.235. The van der Waals surface area contributed by atoms with Gasteiger partial charge in [-0.1, -0.05) is 35.5 Å².